The van der Waals surface area contributed by atoms with Crippen LogP contribution in [0.25, 0.3) is 0 Å². The largest absolute Gasteiger partial charge is 0.352 e. The molecule has 0 aromatic heterocycles. The molecule has 0 aliphatic rings. The molecule has 1 N–H and O–H groups in total. The van der Waals surface area contributed by atoms with Gasteiger partial charge in [0.25, 0.3) is 0 Å². The van der Waals surface area contributed by atoms with E-state index in [0.29, 0.717) is 5.69 Å². The fraction of sp³-hybridized carbons (Fsp3) is 0.417. The maximum atomic E-state index is 13.5. The molecule has 9 heteroatoms. The van der Waals surface area contributed by atoms with Crippen molar-refractivity contribution in [2.45, 2.75) is 53.2 Å². The van der Waals surface area contributed by atoms with Gasteiger partial charge in [-0.05, 0) is 63.4 Å². The molecule has 0 unspecified atom stereocenters. The molecule has 7 nitrogen and oxygen atoms in total. The van der Waals surface area contributed by atoms with E-state index in [1.807, 2.05) is 70.2 Å². The lowest BCUT2D eigenvalue weighted by atomic mass is 10.1. The molecule has 2 amide bonds. The van der Waals surface area contributed by atoms with Gasteiger partial charge >= 0.3 is 0 Å². The second-order valence-corrected chi connectivity index (χ2v) is 11.3. The number of nitrogens with one attached hydrogen (secondary N) is 1. The Hall–Kier alpha value is -2.39. The number of aryl methyl sites for hydroxylation is 2. The van der Waals surface area contributed by atoms with E-state index in [4.69, 9.17) is 0 Å². The van der Waals surface area contributed by atoms with Crippen LogP contribution in [0.5, 0.6) is 0 Å². The zero-order valence-electron chi connectivity index (χ0n) is 19.9. The average molecular weight is 539 g/mol. The number of anilines is 1. The maximum Gasteiger partial charge on any atom is 0.244 e. The highest BCUT2D eigenvalue weighted by Gasteiger charge is 2.31. The number of hydrogen-bond donors (Lipinski definition) is 1. The van der Waals surface area contributed by atoms with Crippen LogP contribution in [0.3, 0.4) is 0 Å². The summed E-state index contributed by atoms with van der Waals surface area (Å²) in [5.41, 5.74) is 2.80. The van der Waals surface area contributed by atoms with Gasteiger partial charge in [-0.15, -0.1) is 0 Å². The first-order chi connectivity index (χ1) is 15.3. The van der Waals surface area contributed by atoms with E-state index in [9.17, 15) is 18.0 Å². The summed E-state index contributed by atoms with van der Waals surface area (Å²) in [6, 6.07) is 12.0. The zero-order chi connectivity index (χ0) is 24.9. The predicted molar refractivity (Wildman–Crippen MR) is 136 cm³/mol. The second-order valence-electron chi connectivity index (χ2n) is 8.50. The molecule has 2 aromatic rings. The standard InChI is InChI=1S/C24H32BrN3O4S/c1-16(2)26-24(30)19(5)27(14-20-11-8-12-21(25)13-20)22(29)15-28(33(6,31)32)23-17(3)9-7-10-18(23)4/h7-13,16,19H,14-15H2,1-6H3,(H,26,30)/t19-/m0/s1. The number of rotatable bonds is 9. The molecular formula is C24H32BrN3O4S. The Morgan fingerprint density at radius 3 is 2.12 bits per heavy atom. The van der Waals surface area contributed by atoms with Crippen LogP contribution < -0.4 is 9.62 Å². The zero-order valence-corrected chi connectivity index (χ0v) is 22.3. The van der Waals surface area contributed by atoms with Crippen LogP contribution in [0.15, 0.2) is 46.9 Å². The molecule has 0 fully saturated rings. The SMILES string of the molecule is Cc1cccc(C)c1N(CC(=O)N(Cc1cccc(Br)c1)[C@@H](C)C(=O)NC(C)C)S(C)(=O)=O. The third-order valence-electron chi connectivity index (χ3n) is 5.21. The number of nitrogens with zero attached hydrogens (tertiary/aromatic N) is 2. The van der Waals surface area contributed by atoms with E-state index < -0.39 is 28.5 Å². The highest BCUT2D eigenvalue weighted by atomic mass is 79.9. The molecule has 0 bridgehead atoms. The first-order valence-corrected chi connectivity index (χ1v) is 13.3. The summed E-state index contributed by atoms with van der Waals surface area (Å²) < 4.78 is 27.4. The number of benzene rings is 2. The Balaban J connectivity index is 2.45. The number of para-hydroxylation sites is 1. The first kappa shape index (κ1) is 26.9. The Kier molecular flexibility index (Phi) is 9.08. The van der Waals surface area contributed by atoms with Crippen molar-refractivity contribution < 1.29 is 18.0 Å². The van der Waals surface area contributed by atoms with E-state index in [1.165, 1.54) is 4.90 Å². The van der Waals surface area contributed by atoms with Gasteiger partial charge in [-0.25, -0.2) is 8.42 Å². The molecule has 1 atom stereocenters. The summed E-state index contributed by atoms with van der Waals surface area (Å²) in [4.78, 5) is 27.7. The third kappa shape index (κ3) is 7.30. The van der Waals surface area contributed by atoms with Gasteiger partial charge in [0.1, 0.15) is 12.6 Å². The number of halogens is 1. The van der Waals surface area contributed by atoms with Crippen molar-refractivity contribution in [2.75, 3.05) is 17.1 Å². The van der Waals surface area contributed by atoms with E-state index in [0.717, 1.165) is 31.7 Å². The van der Waals surface area contributed by atoms with Crippen LogP contribution in [-0.4, -0.2) is 50.0 Å². The molecule has 33 heavy (non-hydrogen) atoms. The van der Waals surface area contributed by atoms with E-state index >= 15 is 0 Å². The van der Waals surface area contributed by atoms with Crippen LogP contribution in [-0.2, 0) is 26.2 Å². The average Bonchev–Trinajstić information content (AvgIpc) is 2.69. The second kappa shape index (κ2) is 11.2. The van der Waals surface area contributed by atoms with Gasteiger partial charge in [-0.3, -0.25) is 13.9 Å². The number of carbonyl (C=O) groups excluding carboxylic acids is 2. The van der Waals surface area contributed by atoms with Crippen molar-refractivity contribution >= 4 is 43.5 Å². The molecule has 2 rings (SSSR count). The molecule has 0 spiro atoms. The van der Waals surface area contributed by atoms with Gasteiger partial charge < -0.3 is 10.2 Å². The lowest BCUT2D eigenvalue weighted by Crippen LogP contribution is -2.52. The molecule has 0 radical (unpaired) electrons. The molecule has 0 aliphatic heterocycles. The minimum absolute atomic E-state index is 0.0927. The third-order valence-corrected chi connectivity index (χ3v) is 6.81. The summed E-state index contributed by atoms with van der Waals surface area (Å²) in [7, 11) is -3.76. The summed E-state index contributed by atoms with van der Waals surface area (Å²) in [6.07, 6.45) is 1.08. The molecule has 0 saturated carbocycles. The van der Waals surface area contributed by atoms with E-state index in [2.05, 4.69) is 21.2 Å². The number of sulfonamides is 1. The van der Waals surface area contributed by atoms with Crippen LogP contribution in [0.2, 0.25) is 0 Å². The summed E-state index contributed by atoms with van der Waals surface area (Å²) in [5, 5.41) is 2.83. The quantitative estimate of drug-likeness (QED) is 0.527. The Morgan fingerprint density at radius 1 is 1.03 bits per heavy atom. The predicted octanol–water partition coefficient (Wildman–Crippen LogP) is 3.77. The summed E-state index contributed by atoms with van der Waals surface area (Å²) in [6.45, 7) is 8.71. The van der Waals surface area contributed by atoms with Crippen LogP contribution in [0.1, 0.15) is 37.5 Å². The molecular weight excluding hydrogens is 506 g/mol. The van der Waals surface area contributed by atoms with E-state index in [1.54, 1.807) is 6.92 Å². The highest BCUT2D eigenvalue weighted by molar-refractivity contribution is 9.10. The number of carbonyl (C=O) groups is 2. The van der Waals surface area contributed by atoms with Gasteiger partial charge in [0.05, 0.1) is 11.9 Å². The van der Waals surface area contributed by atoms with Crippen molar-refractivity contribution in [3.05, 3.63) is 63.6 Å². The topological polar surface area (TPSA) is 86.8 Å². The summed E-state index contributed by atoms with van der Waals surface area (Å²) in [5.74, 6) is -0.763. The van der Waals surface area contributed by atoms with Gasteiger partial charge in [-0.1, -0.05) is 46.3 Å². The van der Waals surface area contributed by atoms with Gasteiger partial charge in [0.2, 0.25) is 21.8 Å². The maximum absolute atomic E-state index is 13.5. The Morgan fingerprint density at radius 2 is 1.61 bits per heavy atom. The monoisotopic (exact) mass is 537 g/mol. The Bertz CT molecular complexity index is 1100. The fourth-order valence-electron chi connectivity index (χ4n) is 3.59. The van der Waals surface area contributed by atoms with Gasteiger partial charge in [0.15, 0.2) is 0 Å². The number of amides is 2. The van der Waals surface area contributed by atoms with Gasteiger partial charge in [-0.2, -0.15) is 0 Å². The fourth-order valence-corrected chi connectivity index (χ4v) is 5.01. The molecule has 180 valence electrons. The molecule has 2 aromatic carbocycles. The normalized spacial score (nSPS) is 12.4. The van der Waals surface area contributed by atoms with Crippen molar-refractivity contribution in [1.29, 1.82) is 0 Å². The van der Waals surface area contributed by atoms with Crippen molar-refractivity contribution in [3.63, 3.8) is 0 Å². The lowest BCUT2D eigenvalue weighted by Gasteiger charge is -2.32. The van der Waals surface area contributed by atoms with Crippen molar-refractivity contribution in [2.24, 2.45) is 0 Å². The minimum atomic E-state index is -3.76. The van der Waals surface area contributed by atoms with Crippen LogP contribution in [0, 0.1) is 13.8 Å². The number of hydrogen-bond acceptors (Lipinski definition) is 4. The van der Waals surface area contributed by atoms with E-state index in [-0.39, 0.29) is 18.5 Å². The van der Waals surface area contributed by atoms with Crippen molar-refractivity contribution in [3.8, 4) is 0 Å². The molecule has 0 heterocycles. The highest BCUT2D eigenvalue weighted by Crippen LogP contribution is 2.27. The van der Waals surface area contributed by atoms with Gasteiger partial charge in [0, 0.05) is 17.1 Å². The Labute approximate surface area is 205 Å². The smallest absolute Gasteiger partial charge is 0.244 e. The van der Waals surface area contributed by atoms with Crippen LogP contribution >= 0.6 is 15.9 Å². The molecule has 0 saturated heterocycles. The minimum Gasteiger partial charge on any atom is -0.352 e. The molecule has 0 aliphatic carbocycles. The van der Waals surface area contributed by atoms with Crippen molar-refractivity contribution in [1.82, 2.24) is 10.2 Å². The van der Waals surface area contributed by atoms with Crippen LogP contribution in [0.4, 0.5) is 5.69 Å². The lowest BCUT2D eigenvalue weighted by molar-refractivity contribution is -0.139. The summed E-state index contributed by atoms with van der Waals surface area (Å²) >= 11 is 3.43. The first-order valence-electron chi connectivity index (χ1n) is 10.7.